The zero-order valence-electron chi connectivity index (χ0n) is 14.1. The summed E-state index contributed by atoms with van der Waals surface area (Å²) in [6.07, 6.45) is 5.72. The predicted octanol–water partition coefficient (Wildman–Crippen LogP) is 3.22. The highest BCUT2D eigenvalue weighted by atomic mass is 15.3. The molecule has 6 nitrogen and oxygen atoms in total. The summed E-state index contributed by atoms with van der Waals surface area (Å²) in [7, 11) is 0. The number of aromatic nitrogens is 5. The molecule has 24 heavy (non-hydrogen) atoms. The first-order chi connectivity index (χ1) is 11.7. The number of para-hydroxylation sites is 1. The normalized spacial score (nSPS) is 18.0. The van der Waals surface area contributed by atoms with E-state index >= 15 is 0 Å². The second-order valence-corrected chi connectivity index (χ2v) is 6.80. The maximum Gasteiger partial charge on any atom is 0.155 e. The number of nitrogens with zero attached hydrogens (tertiary/aromatic N) is 6. The Hall–Kier alpha value is -2.50. The predicted molar refractivity (Wildman–Crippen MR) is 93.7 cm³/mol. The fourth-order valence-corrected chi connectivity index (χ4v) is 3.56. The lowest BCUT2D eigenvalue weighted by Gasteiger charge is -2.26. The average Bonchev–Trinajstić information content (AvgIpc) is 3.22. The van der Waals surface area contributed by atoms with Crippen LogP contribution in [0.25, 0.3) is 10.9 Å². The smallest absolute Gasteiger partial charge is 0.155 e. The Morgan fingerprint density at radius 1 is 1.21 bits per heavy atom. The van der Waals surface area contributed by atoms with Crippen LogP contribution in [0.1, 0.15) is 38.6 Å². The summed E-state index contributed by atoms with van der Waals surface area (Å²) in [6.45, 7) is 6.36. The van der Waals surface area contributed by atoms with Crippen LogP contribution in [0.3, 0.4) is 0 Å². The third kappa shape index (κ3) is 2.62. The van der Waals surface area contributed by atoms with E-state index in [0.29, 0.717) is 5.92 Å². The molecule has 0 spiro atoms. The lowest BCUT2D eigenvalue weighted by atomic mass is 10.1. The van der Waals surface area contributed by atoms with E-state index in [9.17, 15) is 0 Å². The average molecular weight is 322 g/mol. The minimum Gasteiger partial charge on any atom is -0.346 e. The molecule has 0 saturated carbocycles. The van der Waals surface area contributed by atoms with Gasteiger partial charge in [-0.1, -0.05) is 26.0 Å². The van der Waals surface area contributed by atoms with E-state index < -0.39 is 0 Å². The molecule has 1 saturated heterocycles. The third-order valence-corrected chi connectivity index (χ3v) is 4.55. The second kappa shape index (κ2) is 6.19. The van der Waals surface area contributed by atoms with Gasteiger partial charge in [0.15, 0.2) is 5.82 Å². The molecular weight excluding hydrogens is 300 g/mol. The fourth-order valence-electron chi connectivity index (χ4n) is 3.56. The molecule has 0 aliphatic carbocycles. The Labute approximate surface area is 141 Å². The van der Waals surface area contributed by atoms with Gasteiger partial charge in [0.05, 0.1) is 11.6 Å². The third-order valence-electron chi connectivity index (χ3n) is 4.55. The molecule has 1 unspecified atom stereocenters. The van der Waals surface area contributed by atoms with Crippen molar-refractivity contribution in [3.05, 3.63) is 42.7 Å². The maximum absolute atomic E-state index is 4.60. The van der Waals surface area contributed by atoms with E-state index in [1.54, 1.807) is 6.33 Å². The Morgan fingerprint density at radius 2 is 2.08 bits per heavy atom. The molecule has 0 radical (unpaired) electrons. The quantitative estimate of drug-likeness (QED) is 0.738. The van der Waals surface area contributed by atoms with E-state index in [0.717, 1.165) is 48.5 Å². The first-order valence-corrected chi connectivity index (χ1v) is 8.58. The number of fused-ring (bicyclic) bond motifs is 1. The van der Waals surface area contributed by atoms with Gasteiger partial charge in [0.1, 0.15) is 18.5 Å². The van der Waals surface area contributed by atoms with Crippen molar-refractivity contribution in [3.63, 3.8) is 0 Å². The van der Waals surface area contributed by atoms with Crippen LogP contribution in [0.4, 0.5) is 5.82 Å². The van der Waals surface area contributed by atoms with Crippen molar-refractivity contribution >= 4 is 16.7 Å². The fraction of sp³-hybridized carbons (Fsp3) is 0.444. The molecule has 2 aromatic heterocycles. The molecule has 0 bridgehead atoms. The summed E-state index contributed by atoms with van der Waals surface area (Å²) in [5.74, 6) is 2.61. The van der Waals surface area contributed by atoms with E-state index in [1.807, 2.05) is 24.5 Å². The molecule has 1 atom stereocenters. The molecule has 3 aromatic rings. The molecule has 1 aliphatic heterocycles. The van der Waals surface area contributed by atoms with Crippen LogP contribution >= 0.6 is 0 Å². The van der Waals surface area contributed by atoms with Gasteiger partial charge in [0.2, 0.25) is 0 Å². The van der Waals surface area contributed by atoms with Crippen molar-refractivity contribution in [2.45, 2.75) is 39.3 Å². The topological polar surface area (TPSA) is 59.7 Å². The van der Waals surface area contributed by atoms with Gasteiger partial charge in [0.25, 0.3) is 0 Å². The van der Waals surface area contributed by atoms with E-state index in [2.05, 4.69) is 49.5 Å². The van der Waals surface area contributed by atoms with Gasteiger partial charge in [-0.15, -0.1) is 10.2 Å². The van der Waals surface area contributed by atoms with Gasteiger partial charge in [-0.25, -0.2) is 9.97 Å². The second-order valence-electron chi connectivity index (χ2n) is 6.80. The van der Waals surface area contributed by atoms with Crippen LogP contribution in [0.5, 0.6) is 0 Å². The van der Waals surface area contributed by atoms with Crippen LogP contribution < -0.4 is 4.90 Å². The van der Waals surface area contributed by atoms with Crippen molar-refractivity contribution < 1.29 is 0 Å². The Bertz CT molecular complexity index is 835. The number of anilines is 1. The standard InChI is InChI=1S/C18H22N6/c1-13(2)10-23-12-21-22-18(23)16-8-5-9-24(16)17-14-6-3-4-7-15(14)19-11-20-17/h3-4,6-7,11-13,16H,5,8-10H2,1-2H3. The first kappa shape index (κ1) is 15.1. The van der Waals surface area contributed by atoms with Crippen molar-refractivity contribution in [1.82, 2.24) is 24.7 Å². The van der Waals surface area contributed by atoms with Crippen LogP contribution in [0, 0.1) is 5.92 Å². The molecule has 1 aliphatic rings. The highest BCUT2D eigenvalue weighted by Crippen LogP contribution is 2.37. The number of benzene rings is 1. The zero-order valence-corrected chi connectivity index (χ0v) is 14.1. The molecule has 6 heteroatoms. The molecule has 0 N–H and O–H groups in total. The van der Waals surface area contributed by atoms with Crippen molar-refractivity contribution in [3.8, 4) is 0 Å². The minimum atomic E-state index is 0.226. The summed E-state index contributed by atoms with van der Waals surface area (Å²) in [5.41, 5.74) is 0.983. The lowest BCUT2D eigenvalue weighted by molar-refractivity contribution is 0.487. The summed E-state index contributed by atoms with van der Waals surface area (Å²) in [4.78, 5) is 11.3. The maximum atomic E-state index is 4.60. The van der Waals surface area contributed by atoms with Gasteiger partial charge < -0.3 is 9.47 Å². The largest absolute Gasteiger partial charge is 0.346 e. The first-order valence-electron chi connectivity index (χ1n) is 8.58. The molecule has 124 valence electrons. The van der Waals surface area contributed by atoms with Gasteiger partial charge >= 0.3 is 0 Å². The summed E-state index contributed by atoms with van der Waals surface area (Å²) in [6, 6.07) is 8.41. The lowest BCUT2D eigenvalue weighted by Crippen LogP contribution is -2.26. The molecular formula is C18H22N6. The van der Waals surface area contributed by atoms with Crippen molar-refractivity contribution in [1.29, 1.82) is 0 Å². The van der Waals surface area contributed by atoms with E-state index in [-0.39, 0.29) is 6.04 Å². The SMILES string of the molecule is CC(C)Cn1cnnc1C1CCCN1c1ncnc2ccccc12. The highest BCUT2D eigenvalue weighted by Gasteiger charge is 2.32. The van der Waals surface area contributed by atoms with Crippen molar-refractivity contribution in [2.24, 2.45) is 5.92 Å². The molecule has 3 heterocycles. The highest BCUT2D eigenvalue weighted by molar-refractivity contribution is 5.89. The zero-order chi connectivity index (χ0) is 16.5. The van der Waals surface area contributed by atoms with E-state index in [4.69, 9.17) is 0 Å². The monoisotopic (exact) mass is 322 g/mol. The van der Waals surface area contributed by atoms with E-state index in [1.165, 1.54) is 0 Å². The van der Waals surface area contributed by atoms with Crippen LogP contribution in [-0.2, 0) is 6.54 Å². The summed E-state index contributed by atoms with van der Waals surface area (Å²) >= 11 is 0. The minimum absolute atomic E-state index is 0.226. The number of hydrogen-bond acceptors (Lipinski definition) is 5. The van der Waals surface area contributed by atoms with Gasteiger partial charge in [0, 0.05) is 18.5 Å². The summed E-state index contributed by atoms with van der Waals surface area (Å²) in [5, 5.41) is 9.70. The molecule has 1 aromatic carbocycles. The van der Waals surface area contributed by atoms with Crippen LogP contribution in [0.15, 0.2) is 36.9 Å². The molecule has 4 rings (SSSR count). The summed E-state index contributed by atoms with van der Waals surface area (Å²) < 4.78 is 2.19. The van der Waals surface area contributed by atoms with Crippen LogP contribution in [0.2, 0.25) is 0 Å². The Kier molecular flexibility index (Phi) is 3.88. The molecule has 0 amide bonds. The van der Waals surface area contributed by atoms with Gasteiger partial charge in [-0.05, 0) is 30.9 Å². The van der Waals surface area contributed by atoms with Crippen molar-refractivity contribution in [2.75, 3.05) is 11.4 Å². The Balaban J connectivity index is 1.74. The van der Waals surface area contributed by atoms with Crippen LogP contribution in [-0.4, -0.2) is 31.3 Å². The number of hydrogen-bond donors (Lipinski definition) is 0. The number of rotatable bonds is 4. The molecule has 1 fully saturated rings. The van der Waals surface area contributed by atoms with Gasteiger partial charge in [-0.2, -0.15) is 0 Å². The Morgan fingerprint density at radius 3 is 2.96 bits per heavy atom. The van der Waals surface area contributed by atoms with Gasteiger partial charge in [-0.3, -0.25) is 0 Å².